The van der Waals surface area contributed by atoms with E-state index in [1.807, 2.05) is 0 Å². The summed E-state index contributed by atoms with van der Waals surface area (Å²) in [6.07, 6.45) is 0. The molecular weight excluding hydrogens is 422 g/mol. The van der Waals surface area contributed by atoms with Crippen molar-refractivity contribution < 1.29 is 8.42 Å². The molecule has 0 heterocycles. The summed E-state index contributed by atoms with van der Waals surface area (Å²) in [5.74, 6) is 0. The summed E-state index contributed by atoms with van der Waals surface area (Å²) in [7, 11) is -3.95. The normalized spacial score (nSPS) is 11.4. The molecule has 2 aromatic carbocycles. The Morgan fingerprint density at radius 2 is 1.67 bits per heavy atom. The number of benzene rings is 2. The summed E-state index contributed by atoms with van der Waals surface area (Å²) in [6, 6.07) is 7.41. The SMILES string of the molecule is Nc1c(Cl)ccc(S(=O)(=O)Nc2cc(Br)ccc2Cl)c1Cl. The number of nitrogens with two attached hydrogens (primary N) is 1. The van der Waals surface area contributed by atoms with E-state index in [1.165, 1.54) is 18.2 Å². The summed E-state index contributed by atoms with van der Waals surface area (Å²) in [5, 5.41) is 0.292. The third kappa shape index (κ3) is 3.57. The van der Waals surface area contributed by atoms with E-state index in [1.54, 1.807) is 12.1 Å². The van der Waals surface area contributed by atoms with Gasteiger partial charge >= 0.3 is 0 Å². The first-order valence-corrected chi connectivity index (χ1v) is 8.84. The molecule has 2 aromatic rings. The van der Waals surface area contributed by atoms with Gasteiger partial charge in [-0.25, -0.2) is 8.42 Å². The lowest BCUT2D eigenvalue weighted by Gasteiger charge is -2.12. The Hall–Kier alpha value is -0.660. The van der Waals surface area contributed by atoms with Gasteiger partial charge in [0.25, 0.3) is 10.0 Å². The smallest absolute Gasteiger partial charge is 0.263 e. The van der Waals surface area contributed by atoms with Crippen LogP contribution in [0.2, 0.25) is 15.1 Å². The summed E-state index contributed by atoms with van der Waals surface area (Å²) in [5.41, 5.74) is 5.86. The predicted octanol–water partition coefficient (Wildman–Crippen LogP) is 4.79. The number of hydrogen-bond acceptors (Lipinski definition) is 3. The minimum atomic E-state index is -3.95. The molecule has 0 aliphatic heterocycles. The monoisotopic (exact) mass is 428 g/mol. The van der Waals surface area contributed by atoms with Crippen molar-refractivity contribution in [2.24, 2.45) is 0 Å². The molecule has 0 aliphatic carbocycles. The Labute approximate surface area is 145 Å². The van der Waals surface area contributed by atoms with Crippen LogP contribution in [0.4, 0.5) is 11.4 Å². The second-order valence-electron chi connectivity index (χ2n) is 4.00. The predicted molar refractivity (Wildman–Crippen MR) is 90.8 cm³/mol. The molecule has 0 saturated heterocycles. The maximum Gasteiger partial charge on any atom is 0.263 e. The van der Waals surface area contributed by atoms with Crippen LogP contribution in [0.1, 0.15) is 0 Å². The Bertz CT molecular complexity index is 812. The van der Waals surface area contributed by atoms with Crippen LogP contribution in [-0.2, 0) is 10.0 Å². The highest BCUT2D eigenvalue weighted by Gasteiger charge is 2.21. The van der Waals surface area contributed by atoms with Crippen molar-refractivity contribution in [3.8, 4) is 0 Å². The van der Waals surface area contributed by atoms with E-state index in [0.717, 1.165) is 0 Å². The Balaban J connectivity index is 2.49. The maximum absolute atomic E-state index is 12.4. The number of anilines is 2. The second-order valence-corrected chi connectivity index (χ2v) is 7.76. The van der Waals surface area contributed by atoms with Crippen LogP contribution in [0, 0.1) is 0 Å². The topological polar surface area (TPSA) is 72.2 Å². The van der Waals surface area contributed by atoms with Crippen molar-refractivity contribution in [1.29, 1.82) is 0 Å². The van der Waals surface area contributed by atoms with Gasteiger partial charge < -0.3 is 5.73 Å². The fourth-order valence-corrected chi connectivity index (χ4v) is 3.95. The Morgan fingerprint density at radius 3 is 2.33 bits per heavy atom. The first-order valence-electron chi connectivity index (χ1n) is 5.43. The molecule has 0 saturated carbocycles. The van der Waals surface area contributed by atoms with Crippen molar-refractivity contribution in [2.45, 2.75) is 4.90 Å². The minimum Gasteiger partial charge on any atom is -0.396 e. The van der Waals surface area contributed by atoms with Gasteiger partial charge in [-0.1, -0.05) is 50.7 Å². The number of sulfonamides is 1. The van der Waals surface area contributed by atoms with Crippen LogP contribution >= 0.6 is 50.7 Å². The fourth-order valence-electron chi connectivity index (χ4n) is 1.53. The number of nitrogen functional groups attached to an aromatic ring is 1. The Kier molecular flexibility index (Phi) is 4.95. The summed E-state index contributed by atoms with van der Waals surface area (Å²) in [4.78, 5) is -0.179. The highest BCUT2D eigenvalue weighted by molar-refractivity contribution is 9.10. The third-order valence-corrected chi connectivity index (χ3v) is 5.63. The molecule has 0 fully saturated rings. The van der Waals surface area contributed by atoms with Gasteiger partial charge in [0, 0.05) is 4.47 Å². The largest absolute Gasteiger partial charge is 0.396 e. The highest BCUT2D eigenvalue weighted by atomic mass is 79.9. The van der Waals surface area contributed by atoms with Crippen molar-refractivity contribution in [3.63, 3.8) is 0 Å². The molecule has 21 heavy (non-hydrogen) atoms. The van der Waals surface area contributed by atoms with Gasteiger partial charge in [0.15, 0.2) is 0 Å². The van der Waals surface area contributed by atoms with E-state index < -0.39 is 10.0 Å². The molecule has 0 spiro atoms. The summed E-state index contributed by atoms with van der Waals surface area (Å²) < 4.78 is 27.8. The average molecular weight is 431 g/mol. The van der Waals surface area contributed by atoms with Gasteiger partial charge in [0.05, 0.1) is 26.4 Å². The van der Waals surface area contributed by atoms with E-state index >= 15 is 0 Å². The molecule has 0 bridgehead atoms. The van der Waals surface area contributed by atoms with Crippen molar-refractivity contribution in [2.75, 3.05) is 10.5 Å². The fraction of sp³-hybridized carbons (Fsp3) is 0. The van der Waals surface area contributed by atoms with E-state index in [9.17, 15) is 8.42 Å². The van der Waals surface area contributed by atoms with Gasteiger partial charge in [-0.3, -0.25) is 4.72 Å². The average Bonchev–Trinajstić information content (AvgIpc) is 2.39. The van der Waals surface area contributed by atoms with Crippen LogP contribution in [0.3, 0.4) is 0 Å². The van der Waals surface area contributed by atoms with Crippen molar-refractivity contribution >= 4 is 72.1 Å². The molecule has 2 rings (SSSR count). The van der Waals surface area contributed by atoms with E-state index in [2.05, 4.69) is 20.7 Å². The van der Waals surface area contributed by atoms with Crippen LogP contribution in [0.15, 0.2) is 39.7 Å². The second kappa shape index (κ2) is 6.22. The number of halogens is 4. The van der Waals surface area contributed by atoms with Gasteiger partial charge in [-0.15, -0.1) is 0 Å². The molecule has 112 valence electrons. The molecule has 0 aliphatic rings. The molecule has 0 amide bonds. The molecule has 0 unspecified atom stereocenters. The molecule has 4 nitrogen and oxygen atoms in total. The van der Waals surface area contributed by atoms with Gasteiger partial charge in [0.1, 0.15) is 4.90 Å². The lowest BCUT2D eigenvalue weighted by atomic mass is 10.3. The highest BCUT2D eigenvalue weighted by Crippen LogP contribution is 2.35. The van der Waals surface area contributed by atoms with Gasteiger partial charge in [-0.05, 0) is 30.3 Å². The van der Waals surface area contributed by atoms with Crippen molar-refractivity contribution in [1.82, 2.24) is 0 Å². The van der Waals surface area contributed by atoms with Gasteiger partial charge in [0.2, 0.25) is 0 Å². The lowest BCUT2D eigenvalue weighted by molar-refractivity contribution is 0.601. The van der Waals surface area contributed by atoms with Crippen LogP contribution in [0.25, 0.3) is 0 Å². The van der Waals surface area contributed by atoms with Crippen LogP contribution in [0.5, 0.6) is 0 Å². The lowest BCUT2D eigenvalue weighted by Crippen LogP contribution is -2.14. The zero-order valence-corrected chi connectivity index (χ0v) is 14.9. The van der Waals surface area contributed by atoms with Crippen LogP contribution in [-0.4, -0.2) is 8.42 Å². The van der Waals surface area contributed by atoms with Gasteiger partial charge in [-0.2, -0.15) is 0 Å². The van der Waals surface area contributed by atoms with Crippen molar-refractivity contribution in [3.05, 3.63) is 49.9 Å². The Morgan fingerprint density at radius 1 is 1.05 bits per heavy atom. The first kappa shape index (κ1) is 16.7. The zero-order chi connectivity index (χ0) is 15.8. The number of nitrogens with one attached hydrogen (secondary N) is 1. The van der Waals surface area contributed by atoms with Crippen LogP contribution < -0.4 is 10.5 Å². The quantitative estimate of drug-likeness (QED) is 0.688. The van der Waals surface area contributed by atoms with E-state index in [0.29, 0.717) is 4.47 Å². The first-order chi connectivity index (χ1) is 9.72. The standard InChI is InChI=1S/C12H8BrCl3N2O2S/c13-6-1-2-7(14)9(5-6)18-21(19,20)10-4-3-8(15)12(17)11(10)16/h1-5,18H,17H2. The summed E-state index contributed by atoms with van der Waals surface area (Å²) >= 11 is 20.9. The molecule has 3 N–H and O–H groups in total. The van der Waals surface area contributed by atoms with E-state index in [-0.39, 0.29) is 31.3 Å². The molecule has 0 radical (unpaired) electrons. The minimum absolute atomic E-state index is 0.00143. The number of hydrogen-bond donors (Lipinski definition) is 2. The number of rotatable bonds is 3. The molecule has 0 atom stereocenters. The molecular formula is C12H8BrCl3N2O2S. The summed E-state index contributed by atoms with van der Waals surface area (Å²) in [6.45, 7) is 0. The third-order valence-electron chi connectivity index (χ3n) is 2.55. The van der Waals surface area contributed by atoms with E-state index in [4.69, 9.17) is 40.5 Å². The molecule has 0 aromatic heterocycles. The molecule has 9 heteroatoms. The zero-order valence-electron chi connectivity index (χ0n) is 10.2. The maximum atomic E-state index is 12.4.